The zero-order chi connectivity index (χ0) is 18.8. The second kappa shape index (κ2) is 8.20. The molecule has 1 aromatic carbocycles. The summed E-state index contributed by atoms with van der Waals surface area (Å²) in [7, 11) is 1.17. The molecule has 0 bridgehead atoms. The summed E-state index contributed by atoms with van der Waals surface area (Å²) in [6.07, 6.45) is 0.619. The summed E-state index contributed by atoms with van der Waals surface area (Å²) in [6.45, 7) is 5.56. The molecule has 1 saturated heterocycles. The van der Waals surface area contributed by atoms with Crippen LogP contribution in [-0.2, 0) is 9.84 Å². The summed E-state index contributed by atoms with van der Waals surface area (Å²) in [4.78, 5) is 3.31. The summed E-state index contributed by atoms with van der Waals surface area (Å²) in [5.74, 6) is 0.397. The van der Waals surface area contributed by atoms with Crippen molar-refractivity contribution in [3.05, 3.63) is 28.3 Å². The maximum Gasteiger partial charge on any atom is 0.173 e. The smallest absolute Gasteiger partial charge is 0.173 e. The van der Waals surface area contributed by atoms with Crippen molar-refractivity contribution in [3.8, 4) is 0 Å². The van der Waals surface area contributed by atoms with Crippen LogP contribution in [0.2, 0.25) is 5.02 Å². The van der Waals surface area contributed by atoms with E-state index in [1.807, 2.05) is 30.9 Å². The molecule has 0 spiro atoms. The van der Waals surface area contributed by atoms with Crippen LogP contribution in [0.5, 0.6) is 0 Å². The first-order valence-electron chi connectivity index (χ1n) is 8.43. The van der Waals surface area contributed by atoms with Crippen LogP contribution in [0.1, 0.15) is 17.5 Å². The van der Waals surface area contributed by atoms with Crippen LogP contribution >= 0.6 is 23.8 Å². The Morgan fingerprint density at radius 2 is 2.08 bits per heavy atom. The van der Waals surface area contributed by atoms with Crippen LogP contribution in [0.15, 0.2) is 12.1 Å². The lowest BCUT2D eigenvalue weighted by Gasteiger charge is -2.31. The van der Waals surface area contributed by atoms with Gasteiger partial charge in [0.25, 0.3) is 0 Å². The van der Waals surface area contributed by atoms with Gasteiger partial charge in [-0.3, -0.25) is 0 Å². The third-order valence-corrected chi connectivity index (χ3v) is 6.81. The average Bonchev–Trinajstić information content (AvgIpc) is 2.82. The van der Waals surface area contributed by atoms with E-state index in [1.54, 1.807) is 0 Å². The number of hydrogen-bond donors (Lipinski definition) is 2. The predicted octanol–water partition coefficient (Wildman–Crippen LogP) is 1.29. The van der Waals surface area contributed by atoms with Crippen LogP contribution < -0.4 is 10.2 Å². The molecule has 0 saturated carbocycles. The van der Waals surface area contributed by atoms with Crippen molar-refractivity contribution >= 4 is 44.5 Å². The Hall–Kier alpha value is -0.890. The van der Waals surface area contributed by atoms with Gasteiger partial charge in [-0.05, 0) is 49.7 Å². The summed E-state index contributed by atoms with van der Waals surface area (Å²) in [5.41, 5.74) is 2.90. The summed E-state index contributed by atoms with van der Waals surface area (Å²) in [6, 6.07) is 3.87. The highest BCUT2D eigenvalue weighted by Gasteiger charge is 2.33. The lowest BCUT2D eigenvalue weighted by Crippen LogP contribution is -3.06. The molecule has 0 radical (unpaired) electrons. The van der Waals surface area contributed by atoms with Gasteiger partial charge in [-0.15, -0.1) is 0 Å². The third kappa shape index (κ3) is 5.54. The van der Waals surface area contributed by atoms with Crippen LogP contribution in [-0.4, -0.2) is 63.2 Å². The number of halogens is 1. The maximum atomic E-state index is 11.9. The minimum atomic E-state index is -2.97. The van der Waals surface area contributed by atoms with E-state index in [9.17, 15) is 8.42 Å². The molecule has 1 aliphatic rings. The van der Waals surface area contributed by atoms with E-state index in [0.717, 1.165) is 23.4 Å². The van der Waals surface area contributed by atoms with Gasteiger partial charge in [0.05, 0.1) is 49.4 Å². The highest BCUT2D eigenvalue weighted by molar-refractivity contribution is 7.91. The number of nitrogens with one attached hydrogen (secondary N) is 2. The van der Waals surface area contributed by atoms with Crippen LogP contribution in [0, 0.1) is 13.8 Å². The van der Waals surface area contributed by atoms with E-state index in [4.69, 9.17) is 23.8 Å². The van der Waals surface area contributed by atoms with Gasteiger partial charge in [-0.1, -0.05) is 17.7 Å². The molecule has 2 rings (SSSR count). The molecule has 1 aromatic rings. The number of thiocarbonyl (C=S) groups is 1. The van der Waals surface area contributed by atoms with Crippen LogP contribution in [0.3, 0.4) is 0 Å². The molecule has 0 unspecified atom stereocenters. The molecule has 2 N–H and O–H groups in total. The Balaban J connectivity index is 2.20. The van der Waals surface area contributed by atoms with E-state index >= 15 is 0 Å². The number of benzene rings is 1. The molecule has 0 aromatic heterocycles. The number of hydrogen-bond acceptors (Lipinski definition) is 3. The number of sulfone groups is 1. The van der Waals surface area contributed by atoms with Gasteiger partial charge >= 0.3 is 0 Å². The Morgan fingerprint density at radius 1 is 1.40 bits per heavy atom. The zero-order valence-corrected chi connectivity index (χ0v) is 17.6. The van der Waals surface area contributed by atoms with Crippen molar-refractivity contribution in [1.29, 1.82) is 0 Å². The monoisotopic (exact) mass is 404 g/mol. The molecule has 25 heavy (non-hydrogen) atoms. The number of likely N-dealkylation sites (N-methyl/N-ethyl adjacent to an activating group) is 1. The van der Waals surface area contributed by atoms with Crippen LogP contribution in [0.4, 0.5) is 5.69 Å². The number of anilines is 1. The molecule has 140 valence electrons. The zero-order valence-electron chi connectivity index (χ0n) is 15.2. The summed E-state index contributed by atoms with van der Waals surface area (Å²) >= 11 is 12.0. The first-order valence-corrected chi connectivity index (χ1v) is 11.0. The number of rotatable bonds is 5. The fourth-order valence-electron chi connectivity index (χ4n) is 3.07. The molecule has 8 heteroatoms. The molecule has 1 heterocycles. The molecule has 0 amide bonds. The largest absolute Gasteiger partial charge is 0.339 e. The molecular formula is C17H27ClN3O2S2+. The average molecular weight is 405 g/mol. The lowest BCUT2D eigenvalue weighted by atomic mass is 10.1. The van der Waals surface area contributed by atoms with Crippen molar-refractivity contribution in [2.24, 2.45) is 0 Å². The van der Waals surface area contributed by atoms with Gasteiger partial charge in [0, 0.05) is 6.04 Å². The van der Waals surface area contributed by atoms with E-state index in [1.165, 1.54) is 4.90 Å². The third-order valence-electron chi connectivity index (χ3n) is 4.43. The van der Waals surface area contributed by atoms with Gasteiger partial charge in [0.2, 0.25) is 0 Å². The second-order valence-corrected chi connectivity index (χ2v) is 10.1. The van der Waals surface area contributed by atoms with Gasteiger partial charge in [0.1, 0.15) is 0 Å². The Bertz CT molecular complexity index is 727. The van der Waals surface area contributed by atoms with Crippen LogP contribution in [0.25, 0.3) is 0 Å². The molecular weight excluding hydrogens is 378 g/mol. The SMILES string of the molecule is Cc1cc(C)c(NC(=S)N(CC[NH+](C)C)[C@@H]2CCS(=O)(=O)C2)c(Cl)c1. The van der Waals surface area contributed by atoms with Gasteiger partial charge in [-0.25, -0.2) is 8.42 Å². The standard InChI is InChI=1S/C17H26ClN3O2S2/c1-12-9-13(2)16(15(18)10-12)19-17(24)21(7-6-20(3)4)14-5-8-25(22,23)11-14/h9-10,14H,5-8,11H2,1-4H3,(H,19,24)/p+1/t14-/m1/s1. The predicted molar refractivity (Wildman–Crippen MR) is 109 cm³/mol. The topological polar surface area (TPSA) is 53.9 Å². The minimum absolute atomic E-state index is 0.0751. The maximum absolute atomic E-state index is 11.9. The number of quaternary nitrogens is 1. The van der Waals surface area contributed by atoms with Gasteiger partial charge in [0.15, 0.2) is 14.9 Å². The highest BCUT2D eigenvalue weighted by Crippen LogP contribution is 2.28. The van der Waals surface area contributed by atoms with Gasteiger partial charge < -0.3 is 15.1 Å². The molecule has 0 aliphatic carbocycles. The first kappa shape index (κ1) is 20.4. The number of aryl methyl sites for hydroxylation is 2. The molecule has 5 nitrogen and oxygen atoms in total. The van der Waals surface area contributed by atoms with Crippen molar-refractivity contribution in [2.45, 2.75) is 26.3 Å². The Labute approximate surface area is 161 Å². The van der Waals surface area contributed by atoms with Crippen molar-refractivity contribution in [3.63, 3.8) is 0 Å². The van der Waals surface area contributed by atoms with Crippen molar-refractivity contribution < 1.29 is 13.3 Å². The quantitative estimate of drug-likeness (QED) is 0.724. The van der Waals surface area contributed by atoms with Crippen molar-refractivity contribution in [2.75, 3.05) is 44.0 Å². The number of nitrogens with zero attached hydrogens (tertiary/aromatic N) is 1. The highest BCUT2D eigenvalue weighted by atomic mass is 35.5. The van der Waals surface area contributed by atoms with Crippen molar-refractivity contribution in [1.82, 2.24) is 4.90 Å². The summed E-state index contributed by atoms with van der Waals surface area (Å²) in [5, 5.41) is 4.42. The second-order valence-electron chi connectivity index (χ2n) is 7.08. The Kier molecular flexibility index (Phi) is 6.70. The van der Waals surface area contributed by atoms with E-state index in [0.29, 0.717) is 23.1 Å². The van der Waals surface area contributed by atoms with Gasteiger partial charge in [-0.2, -0.15) is 0 Å². The Morgan fingerprint density at radius 3 is 2.60 bits per heavy atom. The molecule has 1 atom stereocenters. The fraction of sp³-hybridized carbons (Fsp3) is 0.588. The lowest BCUT2D eigenvalue weighted by molar-refractivity contribution is -0.857. The first-order chi connectivity index (χ1) is 11.6. The molecule has 1 aliphatic heterocycles. The van der Waals surface area contributed by atoms with E-state index < -0.39 is 9.84 Å². The minimum Gasteiger partial charge on any atom is -0.339 e. The fourth-order valence-corrected chi connectivity index (χ4v) is 5.51. The molecule has 1 fully saturated rings. The van der Waals surface area contributed by atoms with E-state index in [-0.39, 0.29) is 17.5 Å². The summed E-state index contributed by atoms with van der Waals surface area (Å²) < 4.78 is 23.8. The van der Waals surface area contributed by atoms with E-state index in [2.05, 4.69) is 19.4 Å². The normalized spacial score (nSPS) is 19.2.